The van der Waals surface area contributed by atoms with Crippen molar-refractivity contribution in [2.45, 2.75) is 45.4 Å². The van der Waals surface area contributed by atoms with E-state index in [4.69, 9.17) is 5.11 Å². The lowest BCUT2D eigenvalue weighted by Gasteiger charge is -2.21. The molecule has 6 nitrogen and oxygen atoms in total. The molecule has 1 amide bonds. The summed E-state index contributed by atoms with van der Waals surface area (Å²) in [5, 5.41) is 15.0. The molecule has 2 N–H and O–H groups in total. The average molecular weight is 295 g/mol. The Hall–Kier alpha value is -1.69. The van der Waals surface area contributed by atoms with E-state index in [1.165, 1.54) is 31.4 Å². The van der Waals surface area contributed by atoms with Crippen molar-refractivity contribution in [1.82, 2.24) is 15.1 Å². The third-order valence-corrected chi connectivity index (χ3v) is 3.30. The van der Waals surface area contributed by atoms with Gasteiger partial charge in [-0.1, -0.05) is 32.6 Å². The second kappa shape index (κ2) is 10.1. The number of hydrogen-bond acceptors (Lipinski definition) is 4. The van der Waals surface area contributed by atoms with Crippen LogP contribution in [-0.2, 0) is 0 Å². The number of carbonyl (C=O) groups is 1. The SMILES string of the molecule is CCCCCCCN(CCCO)C(=O)c1ccc(=O)[nH]n1. The Morgan fingerprint density at radius 1 is 1.19 bits per heavy atom. The van der Waals surface area contributed by atoms with Crippen LogP contribution in [0.15, 0.2) is 16.9 Å². The highest BCUT2D eigenvalue weighted by atomic mass is 16.3. The van der Waals surface area contributed by atoms with Crippen LogP contribution in [0.2, 0.25) is 0 Å². The van der Waals surface area contributed by atoms with Crippen LogP contribution >= 0.6 is 0 Å². The molecule has 0 fully saturated rings. The summed E-state index contributed by atoms with van der Waals surface area (Å²) in [6, 6.07) is 2.73. The van der Waals surface area contributed by atoms with Crippen molar-refractivity contribution < 1.29 is 9.90 Å². The van der Waals surface area contributed by atoms with E-state index >= 15 is 0 Å². The van der Waals surface area contributed by atoms with Gasteiger partial charge in [0.15, 0.2) is 0 Å². The predicted molar refractivity (Wildman–Crippen MR) is 81.2 cm³/mol. The van der Waals surface area contributed by atoms with Crippen molar-refractivity contribution >= 4 is 5.91 Å². The minimum absolute atomic E-state index is 0.0542. The lowest BCUT2D eigenvalue weighted by atomic mass is 10.1. The second-order valence-electron chi connectivity index (χ2n) is 5.09. The molecule has 1 heterocycles. The zero-order valence-corrected chi connectivity index (χ0v) is 12.7. The first-order chi connectivity index (χ1) is 10.2. The van der Waals surface area contributed by atoms with Gasteiger partial charge < -0.3 is 10.0 Å². The largest absolute Gasteiger partial charge is 0.396 e. The van der Waals surface area contributed by atoms with Gasteiger partial charge in [0.1, 0.15) is 5.69 Å². The first kappa shape index (κ1) is 17.4. The van der Waals surface area contributed by atoms with Gasteiger partial charge in [0.25, 0.3) is 11.5 Å². The normalized spacial score (nSPS) is 10.6. The van der Waals surface area contributed by atoms with Gasteiger partial charge in [0.05, 0.1) is 0 Å². The Balaban J connectivity index is 2.56. The lowest BCUT2D eigenvalue weighted by molar-refractivity contribution is 0.0734. The molecule has 0 atom stereocenters. The molecular weight excluding hydrogens is 270 g/mol. The highest BCUT2D eigenvalue weighted by molar-refractivity contribution is 5.92. The van der Waals surface area contributed by atoms with E-state index in [0.29, 0.717) is 19.5 Å². The maximum atomic E-state index is 12.3. The van der Waals surface area contributed by atoms with E-state index in [0.717, 1.165) is 12.8 Å². The highest BCUT2D eigenvalue weighted by Gasteiger charge is 2.16. The van der Waals surface area contributed by atoms with Gasteiger partial charge in [0, 0.05) is 25.8 Å². The number of unbranched alkanes of at least 4 members (excludes halogenated alkanes) is 4. The van der Waals surface area contributed by atoms with Crippen LogP contribution in [0.5, 0.6) is 0 Å². The molecule has 6 heteroatoms. The maximum Gasteiger partial charge on any atom is 0.274 e. The Labute approximate surface area is 125 Å². The second-order valence-corrected chi connectivity index (χ2v) is 5.09. The van der Waals surface area contributed by atoms with E-state index in [1.807, 2.05) is 0 Å². The van der Waals surface area contributed by atoms with Gasteiger partial charge in [0.2, 0.25) is 0 Å². The molecule has 1 aromatic heterocycles. The molecule has 1 aromatic rings. The van der Waals surface area contributed by atoms with Crippen LogP contribution in [0.3, 0.4) is 0 Å². The van der Waals surface area contributed by atoms with Crippen molar-refractivity contribution in [2.24, 2.45) is 0 Å². The number of H-pyrrole nitrogens is 1. The Kier molecular flexibility index (Phi) is 8.35. The number of hydrogen-bond donors (Lipinski definition) is 2. The molecule has 0 saturated heterocycles. The predicted octanol–water partition coefficient (Wildman–Crippen LogP) is 1.56. The van der Waals surface area contributed by atoms with E-state index in [-0.39, 0.29) is 23.8 Å². The molecule has 0 bridgehead atoms. The van der Waals surface area contributed by atoms with Crippen LogP contribution < -0.4 is 5.56 Å². The summed E-state index contributed by atoms with van der Waals surface area (Å²) in [5.74, 6) is -0.199. The first-order valence-corrected chi connectivity index (χ1v) is 7.65. The summed E-state index contributed by atoms with van der Waals surface area (Å²) in [6.45, 7) is 3.38. The third kappa shape index (κ3) is 6.53. The van der Waals surface area contributed by atoms with Gasteiger partial charge in [-0.25, -0.2) is 5.10 Å². The number of aromatic nitrogens is 2. The first-order valence-electron chi connectivity index (χ1n) is 7.65. The smallest absolute Gasteiger partial charge is 0.274 e. The van der Waals surface area contributed by atoms with Crippen molar-refractivity contribution in [3.63, 3.8) is 0 Å². The monoisotopic (exact) mass is 295 g/mol. The molecule has 0 saturated carbocycles. The molecular formula is C15H25N3O3. The topological polar surface area (TPSA) is 86.3 Å². The molecule has 0 unspecified atom stereocenters. The number of rotatable bonds is 10. The quantitative estimate of drug-likeness (QED) is 0.641. The van der Waals surface area contributed by atoms with Gasteiger partial charge in [-0.3, -0.25) is 9.59 Å². The van der Waals surface area contributed by atoms with Crippen LogP contribution in [0.4, 0.5) is 0 Å². The zero-order valence-electron chi connectivity index (χ0n) is 12.7. The molecule has 0 aliphatic heterocycles. The van der Waals surface area contributed by atoms with Gasteiger partial charge in [-0.05, 0) is 18.9 Å². The van der Waals surface area contributed by atoms with Crippen molar-refractivity contribution in [2.75, 3.05) is 19.7 Å². The summed E-state index contributed by atoms with van der Waals surface area (Å²) in [5.41, 5.74) is -0.0888. The number of aliphatic hydroxyl groups excluding tert-OH is 1. The van der Waals surface area contributed by atoms with E-state index in [9.17, 15) is 9.59 Å². The van der Waals surface area contributed by atoms with E-state index in [1.54, 1.807) is 4.90 Å². The minimum atomic E-state index is -0.326. The third-order valence-electron chi connectivity index (χ3n) is 3.30. The fourth-order valence-corrected chi connectivity index (χ4v) is 2.11. The van der Waals surface area contributed by atoms with E-state index < -0.39 is 0 Å². The highest BCUT2D eigenvalue weighted by Crippen LogP contribution is 2.07. The number of nitrogens with one attached hydrogen (secondary N) is 1. The Morgan fingerprint density at radius 2 is 1.90 bits per heavy atom. The van der Waals surface area contributed by atoms with Crippen LogP contribution in [0.1, 0.15) is 55.9 Å². The zero-order chi connectivity index (χ0) is 15.5. The van der Waals surface area contributed by atoms with Crippen molar-refractivity contribution in [3.8, 4) is 0 Å². The summed E-state index contributed by atoms with van der Waals surface area (Å²) >= 11 is 0. The van der Waals surface area contributed by atoms with Gasteiger partial charge in [-0.2, -0.15) is 5.10 Å². The molecule has 118 valence electrons. The summed E-state index contributed by atoms with van der Waals surface area (Å²) in [7, 11) is 0. The molecule has 0 aliphatic rings. The number of aliphatic hydroxyl groups is 1. The molecule has 0 spiro atoms. The minimum Gasteiger partial charge on any atom is -0.396 e. The van der Waals surface area contributed by atoms with Crippen LogP contribution in [-0.4, -0.2) is 45.8 Å². The van der Waals surface area contributed by atoms with E-state index in [2.05, 4.69) is 17.1 Å². The molecule has 0 aromatic carbocycles. The number of amides is 1. The summed E-state index contributed by atoms with van der Waals surface area (Å²) < 4.78 is 0. The molecule has 1 rings (SSSR count). The number of nitrogens with zero attached hydrogens (tertiary/aromatic N) is 2. The summed E-state index contributed by atoms with van der Waals surface area (Å²) in [4.78, 5) is 25.0. The van der Waals surface area contributed by atoms with Crippen LogP contribution in [0, 0.1) is 0 Å². The Morgan fingerprint density at radius 3 is 2.52 bits per heavy atom. The average Bonchev–Trinajstić information content (AvgIpc) is 2.50. The lowest BCUT2D eigenvalue weighted by Crippen LogP contribution is -2.34. The molecule has 0 radical (unpaired) electrons. The molecule has 21 heavy (non-hydrogen) atoms. The maximum absolute atomic E-state index is 12.3. The fraction of sp³-hybridized carbons (Fsp3) is 0.667. The molecule has 0 aliphatic carbocycles. The Bertz CT molecular complexity index is 453. The number of carbonyl (C=O) groups excluding carboxylic acids is 1. The summed E-state index contributed by atoms with van der Waals surface area (Å²) in [6.07, 6.45) is 6.16. The van der Waals surface area contributed by atoms with Gasteiger partial charge >= 0.3 is 0 Å². The number of aromatic amines is 1. The fourth-order valence-electron chi connectivity index (χ4n) is 2.11. The van der Waals surface area contributed by atoms with Crippen molar-refractivity contribution in [1.29, 1.82) is 0 Å². The van der Waals surface area contributed by atoms with Crippen molar-refractivity contribution in [3.05, 3.63) is 28.2 Å². The van der Waals surface area contributed by atoms with Gasteiger partial charge in [-0.15, -0.1) is 0 Å². The van der Waals surface area contributed by atoms with Crippen LogP contribution in [0.25, 0.3) is 0 Å². The standard InChI is InChI=1S/C15H25N3O3/c1-2-3-4-5-6-10-18(11-7-12-19)15(21)13-8-9-14(20)17-16-13/h8-9,19H,2-7,10-12H2,1H3,(H,17,20).